The Balaban J connectivity index is 1.62. The minimum atomic E-state index is -0.619. The van der Waals surface area contributed by atoms with Gasteiger partial charge in [-0.1, -0.05) is 12.6 Å². The van der Waals surface area contributed by atoms with E-state index in [2.05, 4.69) is 27.0 Å². The van der Waals surface area contributed by atoms with Gasteiger partial charge in [-0.25, -0.2) is 19.0 Å². The van der Waals surface area contributed by atoms with E-state index in [1.54, 1.807) is 23.7 Å². The minimum absolute atomic E-state index is 0.0115. The summed E-state index contributed by atoms with van der Waals surface area (Å²) in [5, 5.41) is 7.41. The summed E-state index contributed by atoms with van der Waals surface area (Å²) in [7, 11) is 3.19. The first-order chi connectivity index (χ1) is 17.2. The number of carbonyl (C=O) groups is 3. The van der Waals surface area contributed by atoms with Crippen LogP contribution < -0.4 is 11.1 Å². The fourth-order valence-corrected chi connectivity index (χ4v) is 4.17. The lowest BCUT2D eigenvalue weighted by Gasteiger charge is -2.32. The number of nitrogens with two attached hydrogens (primary N) is 1. The molecule has 0 radical (unpaired) electrons. The van der Waals surface area contributed by atoms with Gasteiger partial charge in [-0.3, -0.25) is 14.4 Å². The number of likely N-dealkylation sites (tertiary alicyclic amines) is 1. The Morgan fingerprint density at radius 1 is 1.31 bits per heavy atom. The van der Waals surface area contributed by atoms with Crippen molar-refractivity contribution in [2.75, 3.05) is 38.2 Å². The summed E-state index contributed by atoms with van der Waals surface area (Å²) >= 11 is 0. The zero-order chi connectivity index (χ0) is 26.0. The molecular formula is C24H27FN8O3. The molecule has 12 heteroatoms. The number of hydrogen-bond donors (Lipinski definition) is 2. The SMILES string of the molecule is C=CC(=O)N1CCC[C@@H](n2nc(C(=O)Nc3ccc(CC(=O)N(C)C)c(F)c3)c3c(N)ncnc32)C1. The van der Waals surface area contributed by atoms with E-state index in [9.17, 15) is 18.8 Å². The van der Waals surface area contributed by atoms with Crippen molar-refractivity contribution in [3.8, 4) is 0 Å². The molecule has 188 valence electrons. The van der Waals surface area contributed by atoms with Crippen LogP contribution >= 0.6 is 0 Å². The first kappa shape index (κ1) is 24.8. The molecule has 0 saturated carbocycles. The number of fused-ring (bicyclic) bond motifs is 1. The van der Waals surface area contributed by atoms with Gasteiger partial charge in [-0.15, -0.1) is 0 Å². The standard InChI is InChI=1S/C24H27FN8O3/c1-4-18(34)32-9-5-6-16(12-32)33-23-20(22(26)27-13-28-23)21(30-33)24(36)29-15-8-7-14(17(25)11-15)10-19(35)31(2)3/h4,7-8,11,13,16H,1,5-6,9-10,12H2,2-3H3,(H,29,36)(H2,26,27,28)/t16-/m1/s1. The summed E-state index contributed by atoms with van der Waals surface area (Å²) in [6, 6.07) is 3.88. The molecule has 1 atom stereocenters. The first-order valence-corrected chi connectivity index (χ1v) is 11.4. The highest BCUT2D eigenvalue weighted by Crippen LogP contribution is 2.29. The zero-order valence-electron chi connectivity index (χ0n) is 20.1. The molecule has 0 bridgehead atoms. The molecule has 0 aliphatic carbocycles. The van der Waals surface area contributed by atoms with Crippen molar-refractivity contribution >= 4 is 40.3 Å². The predicted octanol–water partition coefficient (Wildman–Crippen LogP) is 1.78. The van der Waals surface area contributed by atoms with E-state index in [4.69, 9.17) is 5.73 Å². The number of anilines is 2. The van der Waals surface area contributed by atoms with Gasteiger partial charge in [-0.05, 0) is 36.6 Å². The van der Waals surface area contributed by atoms with Crippen LogP contribution in [0.4, 0.5) is 15.9 Å². The monoisotopic (exact) mass is 494 g/mol. The lowest BCUT2D eigenvalue weighted by atomic mass is 10.1. The lowest BCUT2D eigenvalue weighted by Crippen LogP contribution is -2.40. The third kappa shape index (κ3) is 4.88. The number of piperidine rings is 1. The molecule has 11 nitrogen and oxygen atoms in total. The molecule has 0 unspecified atom stereocenters. The van der Waals surface area contributed by atoms with Crippen molar-refractivity contribution < 1.29 is 18.8 Å². The topological polar surface area (TPSA) is 139 Å². The molecule has 3 aromatic rings. The van der Waals surface area contributed by atoms with Crippen molar-refractivity contribution in [2.45, 2.75) is 25.3 Å². The van der Waals surface area contributed by atoms with E-state index in [-0.39, 0.29) is 52.4 Å². The normalized spacial score (nSPS) is 15.5. The number of amides is 3. The molecule has 0 spiro atoms. The number of nitrogen functional groups attached to an aromatic ring is 1. The molecule has 1 fully saturated rings. The summed E-state index contributed by atoms with van der Waals surface area (Å²) in [6.45, 7) is 4.53. The van der Waals surface area contributed by atoms with Crippen molar-refractivity contribution in [3.05, 3.63) is 54.3 Å². The number of benzene rings is 1. The smallest absolute Gasteiger partial charge is 0.277 e. The summed E-state index contributed by atoms with van der Waals surface area (Å²) in [4.78, 5) is 48.6. The van der Waals surface area contributed by atoms with Gasteiger partial charge in [0.2, 0.25) is 11.8 Å². The summed E-state index contributed by atoms with van der Waals surface area (Å²) in [5.41, 5.74) is 6.85. The van der Waals surface area contributed by atoms with Crippen molar-refractivity contribution in [1.29, 1.82) is 0 Å². The average Bonchev–Trinajstić information content (AvgIpc) is 3.26. The Bertz CT molecular complexity index is 1350. The highest BCUT2D eigenvalue weighted by Gasteiger charge is 2.29. The van der Waals surface area contributed by atoms with Crippen LogP contribution in [0, 0.1) is 5.82 Å². The third-order valence-electron chi connectivity index (χ3n) is 6.11. The fourth-order valence-electron chi connectivity index (χ4n) is 4.17. The van der Waals surface area contributed by atoms with E-state index in [1.807, 2.05) is 0 Å². The number of nitrogens with one attached hydrogen (secondary N) is 1. The molecule has 36 heavy (non-hydrogen) atoms. The Kier molecular flexibility index (Phi) is 6.95. The van der Waals surface area contributed by atoms with Crippen LogP contribution in [0.5, 0.6) is 0 Å². The number of likely N-dealkylation sites (N-methyl/N-ethyl adjacent to an activating group) is 1. The average molecular weight is 495 g/mol. The van der Waals surface area contributed by atoms with E-state index in [0.717, 1.165) is 18.9 Å². The molecular weight excluding hydrogens is 467 g/mol. The summed E-state index contributed by atoms with van der Waals surface area (Å²) in [5.74, 6) is -1.58. The van der Waals surface area contributed by atoms with Crippen LogP contribution in [0.1, 0.15) is 34.9 Å². The molecule has 1 saturated heterocycles. The van der Waals surface area contributed by atoms with Crippen LogP contribution in [-0.4, -0.2) is 74.5 Å². The first-order valence-electron chi connectivity index (χ1n) is 11.4. The van der Waals surface area contributed by atoms with Crippen molar-refractivity contribution in [2.24, 2.45) is 0 Å². The number of hydrogen-bond acceptors (Lipinski definition) is 7. The van der Waals surface area contributed by atoms with Crippen LogP contribution in [0.3, 0.4) is 0 Å². The molecule has 4 rings (SSSR count). The molecule has 3 heterocycles. The van der Waals surface area contributed by atoms with E-state index in [0.29, 0.717) is 18.7 Å². The lowest BCUT2D eigenvalue weighted by molar-refractivity contribution is -0.128. The zero-order valence-corrected chi connectivity index (χ0v) is 20.1. The van der Waals surface area contributed by atoms with Gasteiger partial charge in [0.15, 0.2) is 11.3 Å². The number of aromatic nitrogens is 4. The van der Waals surface area contributed by atoms with Crippen molar-refractivity contribution in [3.63, 3.8) is 0 Å². The Hall–Kier alpha value is -4.35. The number of rotatable bonds is 6. The van der Waals surface area contributed by atoms with Gasteiger partial charge in [0.1, 0.15) is 18.0 Å². The number of nitrogens with zero attached hydrogens (tertiary/aromatic N) is 6. The number of halogens is 1. The Morgan fingerprint density at radius 3 is 2.78 bits per heavy atom. The largest absolute Gasteiger partial charge is 0.383 e. The maximum Gasteiger partial charge on any atom is 0.277 e. The van der Waals surface area contributed by atoms with E-state index < -0.39 is 11.7 Å². The highest BCUT2D eigenvalue weighted by molar-refractivity contribution is 6.13. The maximum atomic E-state index is 14.6. The van der Waals surface area contributed by atoms with E-state index in [1.165, 1.54) is 29.4 Å². The molecule has 3 N–H and O–H groups in total. The molecule has 1 aromatic carbocycles. The fraction of sp³-hybridized carbons (Fsp3) is 0.333. The second-order valence-electron chi connectivity index (χ2n) is 8.76. The molecule has 1 aliphatic heterocycles. The predicted molar refractivity (Wildman–Crippen MR) is 132 cm³/mol. The van der Waals surface area contributed by atoms with Crippen LogP contribution in [0.2, 0.25) is 0 Å². The number of carbonyl (C=O) groups excluding carboxylic acids is 3. The minimum Gasteiger partial charge on any atom is -0.383 e. The second-order valence-corrected chi connectivity index (χ2v) is 8.76. The van der Waals surface area contributed by atoms with Gasteiger partial charge in [0.25, 0.3) is 5.91 Å². The van der Waals surface area contributed by atoms with E-state index >= 15 is 0 Å². The Labute approximate surface area is 206 Å². The van der Waals surface area contributed by atoms with Gasteiger partial charge < -0.3 is 20.9 Å². The molecule has 2 aromatic heterocycles. The van der Waals surface area contributed by atoms with Gasteiger partial charge in [0, 0.05) is 32.9 Å². The molecule has 3 amide bonds. The molecule has 1 aliphatic rings. The quantitative estimate of drug-likeness (QED) is 0.498. The Morgan fingerprint density at radius 2 is 2.08 bits per heavy atom. The van der Waals surface area contributed by atoms with Gasteiger partial charge in [0.05, 0.1) is 17.8 Å². The second kappa shape index (κ2) is 10.1. The summed E-state index contributed by atoms with van der Waals surface area (Å²) < 4.78 is 16.2. The maximum absolute atomic E-state index is 14.6. The van der Waals surface area contributed by atoms with Crippen molar-refractivity contribution in [1.82, 2.24) is 29.5 Å². The van der Waals surface area contributed by atoms with Gasteiger partial charge in [-0.2, -0.15) is 5.10 Å². The van der Waals surface area contributed by atoms with Crippen LogP contribution in [-0.2, 0) is 16.0 Å². The third-order valence-corrected chi connectivity index (χ3v) is 6.11. The highest BCUT2D eigenvalue weighted by atomic mass is 19.1. The van der Waals surface area contributed by atoms with Crippen LogP contribution in [0.15, 0.2) is 37.2 Å². The summed E-state index contributed by atoms with van der Waals surface area (Å²) in [6.07, 6.45) is 3.93. The van der Waals surface area contributed by atoms with Crippen LogP contribution in [0.25, 0.3) is 11.0 Å². The van der Waals surface area contributed by atoms with Gasteiger partial charge >= 0.3 is 0 Å².